The summed E-state index contributed by atoms with van der Waals surface area (Å²) < 4.78 is 26.0. The van der Waals surface area contributed by atoms with Crippen molar-refractivity contribution in [3.05, 3.63) is 47.2 Å². The van der Waals surface area contributed by atoms with Gasteiger partial charge in [0.05, 0.1) is 18.7 Å². The van der Waals surface area contributed by atoms with Crippen LogP contribution in [0.4, 0.5) is 0 Å². The van der Waals surface area contributed by atoms with Gasteiger partial charge in [0.2, 0.25) is 6.29 Å². The zero-order valence-corrected chi connectivity index (χ0v) is 20.4. The Hall–Kier alpha value is -4.24. The van der Waals surface area contributed by atoms with Gasteiger partial charge in [-0.05, 0) is 18.2 Å². The number of esters is 1. The summed E-state index contributed by atoms with van der Waals surface area (Å²) in [4.78, 5) is 22.3. The number of fused-ring (bicyclic) bond motifs is 1. The summed E-state index contributed by atoms with van der Waals surface area (Å²) in [6.07, 6.45) is -8.91. The van der Waals surface area contributed by atoms with Gasteiger partial charge in [-0.15, -0.1) is 0 Å². The van der Waals surface area contributed by atoms with Gasteiger partial charge in [-0.3, -0.25) is 9.59 Å². The molecular formula is C25H27O14+. The van der Waals surface area contributed by atoms with Gasteiger partial charge in [0, 0.05) is 12.1 Å². The number of phenols is 3. The van der Waals surface area contributed by atoms with Gasteiger partial charge in [0.15, 0.2) is 17.3 Å². The van der Waals surface area contributed by atoms with Crippen molar-refractivity contribution >= 4 is 18.0 Å². The van der Waals surface area contributed by atoms with Crippen molar-refractivity contribution in [2.45, 2.75) is 43.2 Å². The number of rotatable bonds is 8. The van der Waals surface area contributed by atoms with Crippen LogP contribution in [0.2, 0.25) is 0 Å². The van der Waals surface area contributed by atoms with Gasteiger partial charge in [-0.25, -0.2) is 0 Å². The molecule has 0 radical (unpaired) electrons. The van der Waals surface area contributed by atoms with Crippen LogP contribution < -0.4 is 4.74 Å². The van der Waals surface area contributed by atoms with Gasteiger partial charge in [-0.2, -0.15) is 0 Å². The molecule has 2 heterocycles. The van der Waals surface area contributed by atoms with Crippen LogP contribution in [0.15, 0.2) is 36.1 Å². The Balaban J connectivity index is 1.65. The first-order valence-corrected chi connectivity index (χ1v) is 11.6. The number of hydrogen-bond donors (Lipinski definition) is 7. The first kappa shape index (κ1) is 27.8. The first-order chi connectivity index (χ1) is 18.5. The normalized spacial score (nSPS) is 26.0. The SMILES string of the molecule is COc1cc(C2[OH+]c3cc(O)cc(O)c3C=C2O[C@@H]2O[C@H](COC(=O)CC(=O)O)[C@@H](O)[C@H](O)[C@H]2O)ccc1O. The molecule has 14 heteroatoms. The van der Waals surface area contributed by atoms with Crippen LogP contribution >= 0.6 is 0 Å². The number of phenolic OH excluding ortho intramolecular Hbond substituents is 3. The van der Waals surface area contributed by atoms with Crippen LogP contribution in [0.5, 0.6) is 28.7 Å². The fourth-order valence-corrected chi connectivity index (χ4v) is 4.12. The highest BCUT2D eigenvalue weighted by atomic mass is 16.7. The van der Waals surface area contributed by atoms with E-state index >= 15 is 0 Å². The summed E-state index contributed by atoms with van der Waals surface area (Å²) in [7, 11) is 1.35. The molecule has 14 nitrogen and oxygen atoms in total. The number of hydrogen-bond acceptors (Lipinski definition) is 12. The quantitative estimate of drug-likeness (QED) is 0.130. The number of aromatic hydroxyl groups is 4. The molecule has 0 aromatic heterocycles. The van der Waals surface area contributed by atoms with Crippen LogP contribution in [0.3, 0.4) is 0 Å². The van der Waals surface area contributed by atoms with Crippen molar-refractivity contribution in [3.8, 4) is 28.7 Å². The standard InChI is InChI=1S/C25H26O14/c1-35-16-4-10(2-3-13(16)27)24-17(7-12-14(28)5-11(26)6-15(12)37-24)38-25-23(34)22(33)21(32)18(39-25)9-36-20(31)8-19(29)30/h2-7,18,21-28,32-34H,8-9H2,1H3,(H,29,30)/p+1/t18-,21-,22+,23-,24?,25-/m1/s1. The van der Waals surface area contributed by atoms with E-state index in [0.29, 0.717) is 5.56 Å². The number of aliphatic hydroxyl groups excluding tert-OH is 3. The Morgan fingerprint density at radius 2 is 1.74 bits per heavy atom. The predicted molar refractivity (Wildman–Crippen MR) is 128 cm³/mol. The van der Waals surface area contributed by atoms with Crippen molar-refractivity contribution in [2.24, 2.45) is 0 Å². The fourth-order valence-electron chi connectivity index (χ4n) is 4.12. The molecular weight excluding hydrogens is 524 g/mol. The highest BCUT2D eigenvalue weighted by molar-refractivity contribution is 5.90. The molecule has 210 valence electrons. The second kappa shape index (κ2) is 11.2. The molecule has 6 atom stereocenters. The van der Waals surface area contributed by atoms with E-state index in [-0.39, 0.29) is 40.1 Å². The molecule has 2 aliphatic rings. The fraction of sp³-hybridized carbons (Fsp3) is 0.360. The molecule has 2 aliphatic heterocycles. The van der Waals surface area contributed by atoms with E-state index < -0.39 is 61.8 Å². The maximum absolute atomic E-state index is 11.6. The Labute approximate surface area is 220 Å². The van der Waals surface area contributed by atoms with Crippen molar-refractivity contribution < 1.29 is 69.0 Å². The molecule has 0 aliphatic carbocycles. The van der Waals surface area contributed by atoms with Crippen LogP contribution in [-0.4, -0.2) is 96.8 Å². The van der Waals surface area contributed by atoms with Crippen LogP contribution in [0.25, 0.3) is 6.08 Å². The van der Waals surface area contributed by atoms with E-state index in [2.05, 4.69) is 4.74 Å². The van der Waals surface area contributed by atoms with Crippen LogP contribution in [0, 0.1) is 0 Å². The van der Waals surface area contributed by atoms with Crippen molar-refractivity contribution in [3.63, 3.8) is 0 Å². The van der Waals surface area contributed by atoms with E-state index in [1.165, 1.54) is 37.5 Å². The van der Waals surface area contributed by atoms with Gasteiger partial charge in [-0.1, -0.05) is 0 Å². The van der Waals surface area contributed by atoms with E-state index in [1.807, 2.05) is 0 Å². The number of methoxy groups -OCH3 is 1. The van der Waals surface area contributed by atoms with Crippen molar-refractivity contribution in [1.82, 2.24) is 0 Å². The lowest BCUT2D eigenvalue weighted by Crippen LogP contribution is -2.59. The Kier molecular flexibility index (Phi) is 8.01. The number of aliphatic hydroxyl groups is 4. The lowest BCUT2D eigenvalue weighted by atomic mass is 9.98. The minimum Gasteiger partial charge on any atom is -0.571 e. The molecule has 0 amide bonds. The number of carbonyl (C=O) groups excluding carboxylic acids is 1. The van der Waals surface area contributed by atoms with E-state index in [4.69, 9.17) is 24.1 Å². The Morgan fingerprint density at radius 3 is 2.44 bits per heavy atom. The summed E-state index contributed by atoms with van der Waals surface area (Å²) >= 11 is 0. The zero-order chi connectivity index (χ0) is 28.4. The van der Waals surface area contributed by atoms with E-state index in [0.717, 1.165) is 6.07 Å². The smallest absolute Gasteiger partial charge is 0.317 e. The van der Waals surface area contributed by atoms with Crippen molar-refractivity contribution in [2.75, 3.05) is 13.7 Å². The molecule has 4 rings (SSSR count). The number of ether oxygens (including phenoxy) is 5. The molecule has 1 fully saturated rings. The molecule has 1 saturated heterocycles. The third-order valence-electron chi connectivity index (χ3n) is 6.09. The third kappa shape index (κ3) is 5.93. The van der Waals surface area contributed by atoms with Gasteiger partial charge in [0.1, 0.15) is 54.5 Å². The average molecular weight is 551 g/mol. The number of carbonyl (C=O) groups is 2. The summed E-state index contributed by atoms with van der Waals surface area (Å²) in [6, 6.07) is 6.72. The van der Waals surface area contributed by atoms with Crippen molar-refractivity contribution in [1.29, 1.82) is 0 Å². The predicted octanol–water partition coefficient (Wildman–Crippen LogP) is -0.00880. The van der Waals surface area contributed by atoms with Crippen LogP contribution in [0.1, 0.15) is 23.7 Å². The second-order valence-corrected chi connectivity index (χ2v) is 8.79. The lowest BCUT2D eigenvalue weighted by Gasteiger charge is -2.40. The molecule has 2 aromatic carbocycles. The summed E-state index contributed by atoms with van der Waals surface area (Å²) in [5.41, 5.74) is 0.587. The maximum Gasteiger partial charge on any atom is 0.317 e. The molecule has 0 bridgehead atoms. The monoisotopic (exact) mass is 551 g/mol. The molecule has 39 heavy (non-hydrogen) atoms. The Morgan fingerprint density at radius 1 is 1.00 bits per heavy atom. The Bertz CT molecular complexity index is 1270. The highest BCUT2D eigenvalue weighted by Gasteiger charge is 2.47. The lowest BCUT2D eigenvalue weighted by molar-refractivity contribution is -0.296. The van der Waals surface area contributed by atoms with E-state index in [1.54, 1.807) is 0 Å². The minimum absolute atomic E-state index is 0.00880. The molecule has 1 unspecified atom stereocenters. The molecule has 0 saturated carbocycles. The molecule has 8 N–H and O–H groups in total. The topological polar surface area (TPSA) is 225 Å². The minimum atomic E-state index is -1.81. The first-order valence-electron chi connectivity index (χ1n) is 11.6. The third-order valence-corrected chi connectivity index (χ3v) is 6.09. The highest BCUT2D eigenvalue weighted by Crippen LogP contribution is 2.46. The van der Waals surface area contributed by atoms with Gasteiger partial charge in [0.25, 0.3) is 11.9 Å². The number of benzene rings is 2. The summed E-state index contributed by atoms with van der Waals surface area (Å²) in [5.74, 6) is -2.97. The average Bonchev–Trinajstić information content (AvgIpc) is 2.88. The summed E-state index contributed by atoms with van der Waals surface area (Å²) in [6.45, 7) is -0.651. The molecule has 2 aromatic rings. The number of carboxylic acid groups (broad SMARTS) is 1. The zero-order valence-electron chi connectivity index (χ0n) is 20.4. The van der Waals surface area contributed by atoms with Gasteiger partial charge >= 0.3 is 11.9 Å². The summed E-state index contributed by atoms with van der Waals surface area (Å²) in [5, 5.41) is 70.3. The largest absolute Gasteiger partial charge is 0.571 e. The number of carboxylic acids is 1. The second-order valence-electron chi connectivity index (χ2n) is 8.79. The van der Waals surface area contributed by atoms with E-state index in [9.17, 15) is 40.2 Å². The van der Waals surface area contributed by atoms with Crippen LogP contribution in [-0.2, 0) is 23.8 Å². The molecule has 0 spiro atoms. The number of aliphatic carboxylic acids is 1. The maximum atomic E-state index is 11.6. The van der Waals surface area contributed by atoms with Gasteiger partial charge < -0.3 is 59.4 Å².